The lowest BCUT2D eigenvalue weighted by Gasteiger charge is -2.09. The van der Waals surface area contributed by atoms with E-state index in [4.69, 9.17) is 4.74 Å². The van der Waals surface area contributed by atoms with Crippen molar-refractivity contribution in [3.8, 4) is 5.75 Å². The number of aryl methyl sites for hydroxylation is 1. The number of hydrogen-bond donors (Lipinski definition) is 1. The average Bonchev–Trinajstić information content (AvgIpc) is 3.04. The summed E-state index contributed by atoms with van der Waals surface area (Å²) in [6.45, 7) is 1.38. The van der Waals surface area contributed by atoms with Crippen LogP contribution in [0.25, 0.3) is 5.65 Å². The summed E-state index contributed by atoms with van der Waals surface area (Å²) in [6, 6.07) is 5.60. The number of nitro benzene ring substituents is 1. The van der Waals surface area contributed by atoms with Gasteiger partial charge in [-0.25, -0.2) is 9.50 Å². The quantitative estimate of drug-likeness (QED) is 0.536. The first-order chi connectivity index (χ1) is 13.1. The molecule has 0 aliphatic rings. The Morgan fingerprint density at radius 2 is 2.00 bits per heavy atom. The van der Waals surface area contributed by atoms with Crippen molar-refractivity contribution >= 4 is 22.9 Å². The van der Waals surface area contributed by atoms with Crippen molar-refractivity contribution in [2.75, 3.05) is 12.4 Å². The van der Waals surface area contributed by atoms with E-state index in [0.717, 1.165) is 18.2 Å². The van der Waals surface area contributed by atoms with Crippen LogP contribution < -0.4 is 10.1 Å². The minimum absolute atomic E-state index is 0.0949. The predicted octanol–water partition coefficient (Wildman–Crippen LogP) is 3.23. The van der Waals surface area contributed by atoms with Crippen LogP contribution in [0.2, 0.25) is 0 Å². The topological polar surface area (TPSA) is 112 Å². The largest absolute Gasteiger partial charge is 0.496 e. The molecule has 0 fully saturated rings. The SMILES string of the molecule is COc1ccc(NC(=O)c2cc3nc(C)cc(C(F)(F)F)n3n2)c([N+](=O)[O-])c1. The normalized spacial score (nSPS) is 11.5. The maximum absolute atomic E-state index is 13.2. The summed E-state index contributed by atoms with van der Waals surface area (Å²) in [6.07, 6.45) is -4.71. The van der Waals surface area contributed by atoms with Crippen molar-refractivity contribution in [3.05, 3.63) is 57.5 Å². The van der Waals surface area contributed by atoms with Crippen molar-refractivity contribution in [1.82, 2.24) is 14.6 Å². The number of nitrogens with zero attached hydrogens (tertiary/aromatic N) is 4. The molecule has 28 heavy (non-hydrogen) atoms. The number of amides is 1. The van der Waals surface area contributed by atoms with E-state index in [1.54, 1.807) is 0 Å². The van der Waals surface area contributed by atoms with Crippen LogP contribution in [0.5, 0.6) is 5.75 Å². The number of fused-ring (bicyclic) bond motifs is 1. The Labute approximate surface area is 154 Å². The van der Waals surface area contributed by atoms with Crippen LogP contribution in [-0.2, 0) is 6.18 Å². The van der Waals surface area contributed by atoms with Gasteiger partial charge in [0.2, 0.25) is 0 Å². The van der Waals surface area contributed by atoms with E-state index in [1.165, 1.54) is 26.2 Å². The highest BCUT2D eigenvalue weighted by molar-refractivity contribution is 6.04. The molecule has 0 saturated carbocycles. The summed E-state index contributed by atoms with van der Waals surface area (Å²) in [5.41, 5.74) is -2.16. The molecule has 0 radical (unpaired) electrons. The van der Waals surface area contributed by atoms with Crippen LogP contribution >= 0.6 is 0 Å². The Bertz CT molecular complexity index is 1090. The van der Waals surface area contributed by atoms with Crippen molar-refractivity contribution in [3.63, 3.8) is 0 Å². The number of methoxy groups -OCH3 is 1. The minimum atomic E-state index is -4.71. The van der Waals surface area contributed by atoms with Crippen molar-refractivity contribution in [1.29, 1.82) is 0 Å². The zero-order chi connectivity index (χ0) is 20.6. The molecule has 12 heteroatoms. The fraction of sp³-hybridized carbons (Fsp3) is 0.188. The number of nitrogens with one attached hydrogen (secondary N) is 1. The van der Waals surface area contributed by atoms with Gasteiger partial charge in [0, 0.05) is 11.8 Å². The van der Waals surface area contributed by atoms with Crippen molar-refractivity contribution in [2.45, 2.75) is 13.1 Å². The third kappa shape index (κ3) is 3.56. The fourth-order valence-corrected chi connectivity index (χ4v) is 2.49. The summed E-state index contributed by atoms with van der Waals surface area (Å²) in [5.74, 6) is -0.725. The summed E-state index contributed by atoms with van der Waals surface area (Å²) in [4.78, 5) is 26.8. The van der Waals surface area contributed by atoms with Crippen molar-refractivity contribution in [2.24, 2.45) is 0 Å². The van der Waals surface area contributed by atoms with Gasteiger partial charge in [-0.1, -0.05) is 0 Å². The molecular weight excluding hydrogens is 383 g/mol. The number of hydrogen-bond acceptors (Lipinski definition) is 6. The first kappa shape index (κ1) is 19.1. The van der Waals surface area contributed by atoms with Crippen LogP contribution in [0.1, 0.15) is 21.9 Å². The zero-order valence-corrected chi connectivity index (χ0v) is 14.4. The molecule has 0 atom stereocenters. The summed E-state index contributed by atoms with van der Waals surface area (Å²) in [5, 5.41) is 17.1. The number of aromatic nitrogens is 3. The Hall–Kier alpha value is -3.70. The zero-order valence-electron chi connectivity index (χ0n) is 14.4. The van der Waals surface area contributed by atoms with E-state index >= 15 is 0 Å². The molecule has 9 nitrogen and oxygen atoms in total. The van der Waals surface area contributed by atoms with Gasteiger partial charge in [0.05, 0.1) is 18.1 Å². The van der Waals surface area contributed by atoms with E-state index in [1.807, 2.05) is 0 Å². The lowest BCUT2D eigenvalue weighted by Crippen LogP contribution is -2.16. The lowest BCUT2D eigenvalue weighted by molar-refractivity contribution is -0.384. The molecule has 1 amide bonds. The molecule has 2 aromatic heterocycles. The molecule has 0 unspecified atom stereocenters. The van der Waals surface area contributed by atoms with Crippen LogP contribution in [0.15, 0.2) is 30.3 Å². The van der Waals surface area contributed by atoms with Gasteiger partial charge >= 0.3 is 6.18 Å². The van der Waals surface area contributed by atoms with E-state index < -0.39 is 28.4 Å². The molecule has 3 aromatic rings. The highest BCUT2D eigenvalue weighted by Gasteiger charge is 2.35. The number of alkyl halides is 3. The number of carbonyl (C=O) groups is 1. The number of benzene rings is 1. The number of anilines is 1. The number of halogens is 3. The minimum Gasteiger partial charge on any atom is -0.496 e. The first-order valence-electron chi connectivity index (χ1n) is 7.68. The van der Waals surface area contributed by atoms with Crippen molar-refractivity contribution < 1.29 is 27.6 Å². The Morgan fingerprint density at radius 3 is 2.61 bits per heavy atom. The van der Waals surface area contributed by atoms with Gasteiger partial charge < -0.3 is 10.1 Å². The third-order valence-electron chi connectivity index (χ3n) is 3.73. The van der Waals surface area contributed by atoms with Gasteiger partial charge in [-0.3, -0.25) is 14.9 Å². The first-order valence-corrected chi connectivity index (χ1v) is 7.68. The summed E-state index contributed by atoms with van der Waals surface area (Å²) < 4.78 is 45.0. The second kappa shape index (κ2) is 6.79. The van der Waals surface area contributed by atoms with Crippen LogP contribution in [-0.4, -0.2) is 32.5 Å². The fourth-order valence-electron chi connectivity index (χ4n) is 2.49. The van der Waals surface area contributed by atoms with Gasteiger partial charge in [0.25, 0.3) is 11.6 Å². The molecule has 0 bridgehead atoms. The third-order valence-corrected chi connectivity index (χ3v) is 3.73. The molecule has 2 heterocycles. The second-order valence-electron chi connectivity index (χ2n) is 5.67. The summed E-state index contributed by atoms with van der Waals surface area (Å²) in [7, 11) is 1.32. The average molecular weight is 395 g/mol. The van der Waals surface area contributed by atoms with Gasteiger partial charge in [0.15, 0.2) is 11.3 Å². The predicted molar refractivity (Wildman–Crippen MR) is 90.3 cm³/mol. The maximum atomic E-state index is 13.2. The molecule has 1 N–H and O–H groups in total. The van der Waals surface area contributed by atoms with Crippen LogP contribution in [0.4, 0.5) is 24.5 Å². The molecule has 0 aliphatic carbocycles. The Balaban J connectivity index is 2.00. The van der Waals surface area contributed by atoms with E-state index in [9.17, 15) is 28.1 Å². The smallest absolute Gasteiger partial charge is 0.433 e. The van der Waals surface area contributed by atoms with Gasteiger partial charge in [-0.2, -0.15) is 18.3 Å². The molecule has 0 saturated heterocycles. The monoisotopic (exact) mass is 395 g/mol. The molecule has 1 aromatic carbocycles. The molecule has 0 aliphatic heterocycles. The number of nitro groups is 1. The van der Waals surface area contributed by atoms with E-state index in [2.05, 4.69) is 15.4 Å². The molecular formula is C16H12F3N5O4. The van der Waals surface area contributed by atoms with E-state index in [-0.39, 0.29) is 28.5 Å². The van der Waals surface area contributed by atoms with Crippen LogP contribution in [0.3, 0.4) is 0 Å². The van der Waals surface area contributed by atoms with Gasteiger partial charge in [0.1, 0.15) is 17.1 Å². The summed E-state index contributed by atoms with van der Waals surface area (Å²) >= 11 is 0. The highest BCUT2D eigenvalue weighted by atomic mass is 19.4. The van der Waals surface area contributed by atoms with Gasteiger partial charge in [-0.15, -0.1) is 0 Å². The highest BCUT2D eigenvalue weighted by Crippen LogP contribution is 2.31. The standard InChI is InChI=1S/C16H12F3N5O4/c1-8-5-13(16(17,18)19)23-14(20-8)7-11(22-23)15(25)21-10-4-3-9(28-2)6-12(10)24(26)27/h3-7H,1-2H3,(H,21,25). The van der Waals surface area contributed by atoms with Crippen LogP contribution in [0, 0.1) is 17.0 Å². The number of carbonyl (C=O) groups excluding carboxylic acids is 1. The molecule has 0 spiro atoms. The number of rotatable bonds is 4. The van der Waals surface area contributed by atoms with E-state index in [0.29, 0.717) is 4.52 Å². The lowest BCUT2D eigenvalue weighted by atomic mass is 10.2. The molecule has 146 valence electrons. The number of ether oxygens (including phenoxy) is 1. The Kier molecular flexibility index (Phi) is 4.63. The molecule has 3 rings (SSSR count). The Morgan fingerprint density at radius 1 is 1.29 bits per heavy atom. The second-order valence-corrected chi connectivity index (χ2v) is 5.67. The van der Waals surface area contributed by atoms with Gasteiger partial charge in [-0.05, 0) is 25.1 Å². The maximum Gasteiger partial charge on any atom is 0.433 e.